The molecular formula is C28H35FN4O2. The number of hydrogen-bond acceptors (Lipinski definition) is 3. The third kappa shape index (κ3) is 3.45. The molecule has 5 fully saturated rings. The van der Waals surface area contributed by atoms with E-state index in [4.69, 9.17) is 0 Å². The molecule has 2 amide bonds. The van der Waals surface area contributed by atoms with Crippen LogP contribution in [0.4, 0.5) is 9.18 Å². The Morgan fingerprint density at radius 3 is 2.77 bits per heavy atom. The normalized spacial score (nSPS) is 35.3. The zero-order valence-corrected chi connectivity index (χ0v) is 20.1. The summed E-state index contributed by atoms with van der Waals surface area (Å²) in [4.78, 5) is 17.0. The number of hydrogen-bond donors (Lipinski definition) is 3. The first-order valence-corrected chi connectivity index (χ1v) is 13.5. The van der Waals surface area contributed by atoms with Gasteiger partial charge in [0.2, 0.25) is 0 Å². The van der Waals surface area contributed by atoms with Crippen LogP contribution >= 0.6 is 0 Å². The van der Waals surface area contributed by atoms with Gasteiger partial charge in [-0.25, -0.2) is 14.2 Å². The number of benzene rings is 1. The van der Waals surface area contributed by atoms with Gasteiger partial charge in [-0.1, -0.05) is 18.6 Å². The zero-order chi connectivity index (χ0) is 23.7. The van der Waals surface area contributed by atoms with E-state index in [-0.39, 0.29) is 29.3 Å². The summed E-state index contributed by atoms with van der Waals surface area (Å²) in [5.41, 5.74) is 2.38. The molecule has 0 radical (unpaired) electrons. The topological polar surface area (TPSA) is 79.2 Å². The molecule has 7 heteroatoms. The lowest BCUT2D eigenvalue weighted by molar-refractivity contribution is -0.135. The minimum Gasteiger partial charge on any atom is -0.392 e. The van der Waals surface area contributed by atoms with Crippen molar-refractivity contribution in [1.82, 2.24) is 20.2 Å². The molecule has 0 saturated heterocycles. The monoisotopic (exact) mass is 478 g/mol. The number of rotatable bonds is 6. The lowest BCUT2D eigenvalue weighted by atomic mass is 9.46. The summed E-state index contributed by atoms with van der Waals surface area (Å²) in [6.07, 6.45) is 12.5. The Hall–Kier alpha value is -2.41. The van der Waals surface area contributed by atoms with Gasteiger partial charge in [-0.15, -0.1) is 0 Å². The number of fused-ring (bicyclic) bond motifs is 3. The van der Waals surface area contributed by atoms with E-state index >= 15 is 0 Å². The maximum atomic E-state index is 14.9. The maximum absolute atomic E-state index is 14.9. The number of nitrogens with zero attached hydrogens (tertiary/aromatic N) is 2. The Bertz CT molecular complexity index is 1130. The van der Waals surface area contributed by atoms with Crippen LogP contribution in [-0.4, -0.2) is 39.4 Å². The summed E-state index contributed by atoms with van der Waals surface area (Å²) >= 11 is 0. The van der Waals surface area contributed by atoms with Crippen LogP contribution in [0.5, 0.6) is 0 Å². The Labute approximate surface area is 205 Å². The smallest absolute Gasteiger partial charge is 0.315 e. The van der Waals surface area contributed by atoms with Crippen molar-refractivity contribution in [3.63, 3.8) is 0 Å². The Morgan fingerprint density at radius 2 is 2.03 bits per heavy atom. The Kier molecular flexibility index (Phi) is 5.02. The lowest BCUT2D eigenvalue weighted by Crippen LogP contribution is -2.62. The Balaban J connectivity index is 1.08. The molecule has 186 valence electrons. The van der Waals surface area contributed by atoms with E-state index in [1.165, 1.54) is 25.3 Å². The number of amides is 2. The van der Waals surface area contributed by atoms with Crippen LogP contribution in [0, 0.1) is 34.9 Å². The number of imidazole rings is 1. The summed E-state index contributed by atoms with van der Waals surface area (Å²) < 4.78 is 17.0. The standard InChI is InChI=1S/C28H35FN4O2/c29-21-6-2-5-20-23-14-30-15-33(23)22(25(20)21)9-24(34)28-10-17-7-18(11-28)26(19(8-17)12-28)32-27(35)31-13-16-3-1-4-16/h2,5-6,14-19,22,24,26,34H,1,3-4,7-13H2,(H2,31,32,35). The van der Waals surface area contributed by atoms with E-state index in [1.807, 2.05) is 10.6 Å². The quantitative estimate of drug-likeness (QED) is 0.566. The van der Waals surface area contributed by atoms with Gasteiger partial charge in [-0.05, 0) is 86.5 Å². The van der Waals surface area contributed by atoms with Crippen molar-refractivity contribution in [3.05, 3.63) is 42.1 Å². The molecule has 6 aliphatic rings. The van der Waals surface area contributed by atoms with E-state index in [1.54, 1.807) is 18.6 Å². The number of nitrogens with one attached hydrogen (secondary N) is 2. The molecule has 4 atom stereocenters. The second-order valence-corrected chi connectivity index (χ2v) is 12.2. The van der Waals surface area contributed by atoms with Gasteiger partial charge in [0.15, 0.2) is 0 Å². The second-order valence-electron chi connectivity index (χ2n) is 12.2. The third-order valence-corrected chi connectivity index (χ3v) is 10.2. The molecule has 2 heterocycles. The predicted octanol–water partition coefficient (Wildman–Crippen LogP) is 4.64. The molecule has 3 N–H and O–H groups in total. The summed E-state index contributed by atoms with van der Waals surface area (Å²) in [5.74, 6) is 1.91. The minimum atomic E-state index is -0.505. The van der Waals surface area contributed by atoms with Crippen LogP contribution in [0.25, 0.3) is 11.3 Å². The summed E-state index contributed by atoms with van der Waals surface area (Å²) in [7, 11) is 0. The molecule has 6 nitrogen and oxygen atoms in total. The molecule has 1 aromatic carbocycles. The zero-order valence-electron chi connectivity index (χ0n) is 20.1. The van der Waals surface area contributed by atoms with Gasteiger partial charge in [0.1, 0.15) is 5.82 Å². The van der Waals surface area contributed by atoms with Crippen LogP contribution in [-0.2, 0) is 0 Å². The van der Waals surface area contributed by atoms with E-state index in [2.05, 4.69) is 15.6 Å². The van der Waals surface area contributed by atoms with Crippen LogP contribution in [0.15, 0.2) is 30.7 Å². The van der Waals surface area contributed by atoms with Crippen LogP contribution in [0.1, 0.15) is 69.4 Å². The fourth-order valence-corrected chi connectivity index (χ4v) is 8.56. The number of aromatic nitrogens is 2. The van der Waals surface area contributed by atoms with E-state index in [9.17, 15) is 14.3 Å². The number of aliphatic hydroxyl groups is 1. The summed E-state index contributed by atoms with van der Waals surface area (Å²) in [6.45, 7) is 0.787. The molecule has 2 aromatic rings. The van der Waals surface area contributed by atoms with E-state index < -0.39 is 6.10 Å². The highest BCUT2D eigenvalue weighted by atomic mass is 19.1. The SMILES string of the molecule is O=C(NCC1CCC1)NC1C2CC3CC1CC(C(O)CC1c4c(F)cccc4-c4cncn41)(C3)C2. The third-order valence-electron chi connectivity index (χ3n) is 10.2. The molecule has 4 bridgehead atoms. The molecule has 8 rings (SSSR count). The summed E-state index contributed by atoms with van der Waals surface area (Å²) in [6, 6.07) is 5.19. The van der Waals surface area contributed by atoms with Crippen molar-refractivity contribution >= 4 is 6.03 Å². The molecule has 1 aromatic heterocycles. The second kappa shape index (κ2) is 8.05. The average molecular weight is 479 g/mol. The Morgan fingerprint density at radius 1 is 1.23 bits per heavy atom. The molecule has 0 spiro atoms. The van der Waals surface area contributed by atoms with Gasteiger partial charge in [0.25, 0.3) is 0 Å². The lowest BCUT2D eigenvalue weighted by Gasteiger charge is -2.61. The molecule has 5 aliphatic carbocycles. The fraction of sp³-hybridized carbons (Fsp3) is 0.643. The average Bonchev–Trinajstić information content (AvgIpc) is 3.38. The van der Waals surface area contributed by atoms with Crippen molar-refractivity contribution in [2.75, 3.05) is 6.54 Å². The highest BCUT2D eigenvalue weighted by Crippen LogP contribution is 2.62. The van der Waals surface area contributed by atoms with Gasteiger partial charge in [-0.2, -0.15) is 0 Å². The van der Waals surface area contributed by atoms with Gasteiger partial charge in [-0.3, -0.25) is 0 Å². The number of aliphatic hydroxyl groups excluding tert-OH is 1. The number of halogens is 1. The number of urea groups is 1. The number of carbonyl (C=O) groups excluding carboxylic acids is 1. The number of carbonyl (C=O) groups is 1. The van der Waals surface area contributed by atoms with Crippen LogP contribution in [0.3, 0.4) is 0 Å². The van der Waals surface area contributed by atoms with Crippen molar-refractivity contribution in [3.8, 4) is 11.3 Å². The highest BCUT2D eigenvalue weighted by molar-refractivity contribution is 5.74. The minimum absolute atomic E-state index is 0.0188. The first-order valence-electron chi connectivity index (χ1n) is 13.5. The van der Waals surface area contributed by atoms with Crippen LogP contribution < -0.4 is 10.6 Å². The first kappa shape index (κ1) is 21.8. The van der Waals surface area contributed by atoms with Gasteiger partial charge in [0, 0.05) is 23.7 Å². The largest absolute Gasteiger partial charge is 0.392 e. The first-order chi connectivity index (χ1) is 17.0. The highest BCUT2D eigenvalue weighted by Gasteiger charge is 2.58. The van der Waals surface area contributed by atoms with E-state index in [0.717, 1.165) is 49.9 Å². The van der Waals surface area contributed by atoms with Crippen LogP contribution in [0.2, 0.25) is 0 Å². The fourth-order valence-electron chi connectivity index (χ4n) is 8.56. The molecule has 4 unspecified atom stereocenters. The summed E-state index contributed by atoms with van der Waals surface area (Å²) in [5, 5.41) is 18.2. The molecular weight excluding hydrogens is 443 g/mol. The van der Waals surface area contributed by atoms with E-state index in [0.29, 0.717) is 35.7 Å². The molecule has 35 heavy (non-hydrogen) atoms. The van der Waals surface area contributed by atoms with Crippen molar-refractivity contribution in [2.45, 2.75) is 76.0 Å². The van der Waals surface area contributed by atoms with Gasteiger partial charge in [0.05, 0.1) is 30.4 Å². The predicted molar refractivity (Wildman–Crippen MR) is 130 cm³/mol. The maximum Gasteiger partial charge on any atom is 0.315 e. The van der Waals surface area contributed by atoms with Crippen molar-refractivity contribution < 1.29 is 14.3 Å². The van der Waals surface area contributed by atoms with Gasteiger partial charge < -0.3 is 20.3 Å². The van der Waals surface area contributed by atoms with Crippen molar-refractivity contribution in [1.29, 1.82) is 0 Å². The van der Waals surface area contributed by atoms with Crippen molar-refractivity contribution in [2.24, 2.45) is 29.1 Å². The van der Waals surface area contributed by atoms with Gasteiger partial charge >= 0.3 is 6.03 Å². The molecule has 1 aliphatic heterocycles. The molecule has 5 saturated carbocycles.